The fourth-order valence-electron chi connectivity index (χ4n) is 2.60. The molecule has 0 spiro atoms. The fourth-order valence-corrected chi connectivity index (χ4v) is 4.67. The van der Waals surface area contributed by atoms with Crippen LogP contribution in [-0.2, 0) is 10.8 Å². The lowest BCUT2D eigenvalue weighted by Crippen LogP contribution is -2.41. The minimum atomic E-state index is -0.638. The molecule has 0 saturated heterocycles. The molecule has 0 heterocycles. The van der Waals surface area contributed by atoms with Crippen LogP contribution in [0.25, 0.3) is 0 Å². The summed E-state index contributed by atoms with van der Waals surface area (Å²) in [6, 6.07) is 0.475. The molecular weight excluding hydrogens is 230 g/mol. The zero-order chi connectivity index (χ0) is 12.7. The lowest BCUT2D eigenvalue weighted by molar-refractivity contribution is 0.414. The zero-order valence-corrected chi connectivity index (χ0v) is 12.5. The first-order valence-corrected chi connectivity index (χ1v) is 8.57. The first-order valence-electron chi connectivity index (χ1n) is 7.19. The Morgan fingerprint density at radius 1 is 1.18 bits per heavy atom. The topological polar surface area (TPSA) is 29.1 Å². The second-order valence-electron chi connectivity index (χ2n) is 5.69. The Bertz CT molecular complexity index is 230. The third-order valence-corrected chi connectivity index (χ3v) is 5.69. The van der Waals surface area contributed by atoms with E-state index in [0.717, 1.165) is 18.6 Å². The predicted molar refractivity (Wildman–Crippen MR) is 76.8 cm³/mol. The maximum atomic E-state index is 12.4. The first-order chi connectivity index (χ1) is 8.15. The highest BCUT2D eigenvalue weighted by Crippen LogP contribution is 2.22. The number of rotatable bonds is 5. The molecule has 2 nitrogen and oxygen atoms in total. The molecule has 0 bridgehead atoms. The van der Waals surface area contributed by atoms with E-state index in [4.69, 9.17) is 0 Å². The standard InChI is InChI=1S/C14H29NOS/c1-12(2)10-11-17(16)14-9-7-5-4-6-8-13(14)15-3/h12-15H,4-11H2,1-3H3. The van der Waals surface area contributed by atoms with E-state index in [-0.39, 0.29) is 0 Å². The summed E-state index contributed by atoms with van der Waals surface area (Å²) in [4.78, 5) is 0. The van der Waals surface area contributed by atoms with Crippen molar-refractivity contribution < 1.29 is 4.21 Å². The van der Waals surface area contributed by atoms with Crippen LogP contribution in [0, 0.1) is 5.92 Å². The van der Waals surface area contributed by atoms with Gasteiger partial charge in [-0.2, -0.15) is 0 Å². The molecule has 3 atom stereocenters. The highest BCUT2D eigenvalue weighted by atomic mass is 32.2. The van der Waals surface area contributed by atoms with Crippen molar-refractivity contribution in [3.8, 4) is 0 Å². The smallest absolute Gasteiger partial charge is 0.0501 e. The Kier molecular flexibility index (Phi) is 7.36. The summed E-state index contributed by atoms with van der Waals surface area (Å²) in [6.45, 7) is 4.43. The van der Waals surface area contributed by atoms with Crippen molar-refractivity contribution in [2.45, 2.75) is 70.1 Å². The summed E-state index contributed by atoms with van der Waals surface area (Å²) in [5, 5.41) is 3.79. The third kappa shape index (κ3) is 5.52. The van der Waals surface area contributed by atoms with Gasteiger partial charge in [-0.25, -0.2) is 0 Å². The predicted octanol–water partition coefficient (Wildman–Crippen LogP) is 3.09. The molecule has 1 aliphatic carbocycles. The van der Waals surface area contributed by atoms with Crippen LogP contribution in [0.4, 0.5) is 0 Å². The van der Waals surface area contributed by atoms with Crippen molar-refractivity contribution in [3.63, 3.8) is 0 Å². The maximum Gasteiger partial charge on any atom is 0.0501 e. The molecule has 1 saturated carbocycles. The number of hydrogen-bond donors (Lipinski definition) is 1. The van der Waals surface area contributed by atoms with Crippen molar-refractivity contribution in [3.05, 3.63) is 0 Å². The van der Waals surface area contributed by atoms with Crippen LogP contribution in [0.15, 0.2) is 0 Å². The van der Waals surface area contributed by atoms with Crippen LogP contribution in [0.5, 0.6) is 0 Å². The number of hydrogen-bond acceptors (Lipinski definition) is 2. The van der Waals surface area contributed by atoms with Crippen molar-refractivity contribution in [1.82, 2.24) is 5.32 Å². The van der Waals surface area contributed by atoms with E-state index in [1.165, 1.54) is 32.1 Å². The van der Waals surface area contributed by atoms with Gasteiger partial charge < -0.3 is 5.32 Å². The van der Waals surface area contributed by atoms with Crippen LogP contribution in [0.2, 0.25) is 0 Å². The van der Waals surface area contributed by atoms with Gasteiger partial charge in [0.2, 0.25) is 0 Å². The van der Waals surface area contributed by atoms with Crippen LogP contribution < -0.4 is 5.32 Å². The second kappa shape index (κ2) is 8.25. The lowest BCUT2D eigenvalue weighted by atomic mass is 9.96. The Hall–Kier alpha value is 0.110. The third-order valence-electron chi connectivity index (χ3n) is 3.81. The Morgan fingerprint density at radius 3 is 2.41 bits per heavy atom. The first kappa shape index (κ1) is 15.2. The van der Waals surface area contributed by atoms with Crippen LogP contribution >= 0.6 is 0 Å². The summed E-state index contributed by atoms with van der Waals surface area (Å²) in [5.41, 5.74) is 0. The van der Waals surface area contributed by atoms with E-state index in [9.17, 15) is 4.21 Å². The summed E-state index contributed by atoms with van der Waals surface area (Å²) in [7, 11) is 1.39. The quantitative estimate of drug-likeness (QED) is 0.822. The zero-order valence-electron chi connectivity index (χ0n) is 11.7. The average molecular weight is 259 g/mol. The summed E-state index contributed by atoms with van der Waals surface area (Å²) in [6.07, 6.45) is 8.68. The van der Waals surface area contributed by atoms with Gasteiger partial charge in [0.25, 0.3) is 0 Å². The molecule has 0 aliphatic heterocycles. The SMILES string of the molecule is CNC1CCCCCCC1S(=O)CCC(C)C. The van der Waals surface area contributed by atoms with E-state index in [0.29, 0.717) is 17.2 Å². The Labute approximate surface area is 109 Å². The fraction of sp³-hybridized carbons (Fsp3) is 1.00. The van der Waals surface area contributed by atoms with E-state index in [2.05, 4.69) is 19.2 Å². The molecule has 0 aromatic heterocycles. The molecule has 102 valence electrons. The van der Waals surface area contributed by atoms with Gasteiger partial charge in [-0.1, -0.05) is 39.5 Å². The molecule has 1 fully saturated rings. The van der Waals surface area contributed by atoms with Gasteiger partial charge in [-0.3, -0.25) is 4.21 Å². The second-order valence-corrected chi connectivity index (χ2v) is 7.47. The van der Waals surface area contributed by atoms with Gasteiger partial charge in [0, 0.05) is 22.6 Å². The normalized spacial score (nSPS) is 28.7. The molecule has 0 radical (unpaired) electrons. The average Bonchev–Trinajstić information content (AvgIpc) is 2.26. The van der Waals surface area contributed by atoms with Crippen molar-refractivity contribution in [1.29, 1.82) is 0 Å². The van der Waals surface area contributed by atoms with Crippen LogP contribution in [0.1, 0.15) is 58.8 Å². The monoisotopic (exact) mass is 259 g/mol. The van der Waals surface area contributed by atoms with Gasteiger partial charge >= 0.3 is 0 Å². The largest absolute Gasteiger partial charge is 0.316 e. The van der Waals surface area contributed by atoms with E-state index in [1.54, 1.807) is 0 Å². The molecule has 0 aromatic rings. The summed E-state index contributed by atoms with van der Waals surface area (Å²) < 4.78 is 12.4. The number of nitrogens with one attached hydrogen (secondary N) is 1. The van der Waals surface area contributed by atoms with Crippen LogP contribution in [-0.4, -0.2) is 28.3 Å². The van der Waals surface area contributed by atoms with Gasteiger partial charge in [0.15, 0.2) is 0 Å². The molecule has 3 heteroatoms. The van der Waals surface area contributed by atoms with Crippen molar-refractivity contribution in [2.75, 3.05) is 12.8 Å². The van der Waals surface area contributed by atoms with Crippen molar-refractivity contribution >= 4 is 10.8 Å². The van der Waals surface area contributed by atoms with E-state index in [1.807, 2.05) is 7.05 Å². The van der Waals surface area contributed by atoms with Crippen LogP contribution in [0.3, 0.4) is 0 Å². The molecule has 3 unspecified atom stereocenters. The van der Waals surface area contributed by atoms with Gasteiger partial charge in [-0.15, -0.1) is 0 Å². The van der Waals surface area contributed by atoms with Gasteiger partial charge in [-0.05, 0) is 32.2 Å². The molecule has 1 N–H and O–H groups in total. The lowest BCUT2D eigenvalue weighted by Gasteiger charge is -2.28. The Balaban J connectivity index is 2.51. The highest BCUT2D eigenvalue weighted by molar-refractivity contribution is 7.85. The molecular formula is C14H29NOS. The minimum absolute atomic E-state index is 0.388. The molecule has 17 heavy (non-hydrogen) atoms. The molecule has 1 rings (SSSR count). The van der Waals surface area contributed by atoms with Crippen molar-refractivity contribution in [2.24, 2.45) is 5.92 Å². The summed E-state index contributed by atoms with van der Waals surface area (Å²) in [5.74, 6) is 1.56. The van der Waals surface area contributed by atoms with Gasteiger partial charge in [0.05, 0.1) is 5.25 Å². The minimum Gasteiger partial charge on any atom is -0.316 e. The van der Waals surface area contributed by atoms with E-state index < -0.39 is 10.8 Å². The van der Waals surface area contributed by atoms with E-state index >= 15 is 0 Å². The summed E-state index contributed by atoms with van der Waals surface area (Å²) >= 11 is 0. The Morgan fingerprint density at radius 2 is 1.82 bits per heavy atom. The molecule has 0 aromatic carbocycles. The highest BCUT2D eigenvalue weighted by Gasteiger charge is 2.26. The molecule has 0 amide bonds. The van der Waals surface area contributed by atoms with Gasteiger partial charge in [0.1, 0.15) is 0 Å². The molecule has 1 aliphatic rings. The maximum absolute atomic E-state index is 12.4.